The molecule has 0 aliphatic heterocycles. The molecule has 0 radical (unpaired) electrons. The molecule has 0 saturated heterocycles. The third kappa shape index (κ3) is 2.18. The molecule has 0 N–H and O–H groups in total. The molecule has 1 nitrogen and oxygen atoms in total. The Hall–Kier alpha value is 0.230. The van der Waals surface area contributed by atoms with E-state index in [1.807, 2.05) is 18.2 Å². The molecule has 0 bridgehead atoms. The van der Waals surface area contributed by atoms with Gasteiger partial charge in [0, 0.05) is 10.2 Å². The van der Waals surface area contributed by atoms with Crippen LogP contribution in [0.4, 0.5) is 0 Å². The first-order valence-electron chi connectivity index (χ1n) is 5.07. The largest absolute Gasteiger partial charge is 0.489 e. The Labute approximate surface area is 113 Å². The van der Waals surface area contributed by atoms with Crippen molar-refractivity contribution in [2.45, 2.75) is 31.2 Å². The molecule has 1 fully saturated rings. The third-order valence-electron chi connectivity index (χ3n) is 3.16. The van der Waals surface area contributed by atoms with Crippen LogP contribution in [0, 0.1) is 8.99 Å². The summed E-state index contributed by atoms with van der Waals surface area (Å²) in [6.07, 6.45) is 1.43. The topological polar surface area (TPSA) is 9.23 Å². The number of hydrogen-bond donors (Lipinski definition) is 0. The predicted octanol–water partition coefficient (Wildman–Crippen LogP) is 4.23. The Morgan fingerprint density at radius 1 is 1.40 bits per heavy atom. The van der Waals surface area contributed by atoms with Gasteiger partial charge in [-0.05, 0) is 41.1 Å². The van der Waals surface area contributed by atoms with E-state index in [2.05, 4.69) is 58.4 Å². The Bertz CT molecular complexity index is 364. The van der Waals surface area contributed by atoms with Crippen LogP contribution in [0.1, 0.15) is 20.3 Å². The second-order valence-electron chi connectivity index (χ2n) is 4.56. The lowest BCUT2D eigenvalue weighted by Gasteiger charge is -2.48. The average molecular weight is 381 g/mol. The fraction of sp³-hybridized carbons (Fsp3) is 0.500. The van der Waals surface area contributed by atoms with Gasteiger partial charge in [-0.25, -0.2) is 0 Å². The highest BCUT2D eigenvalue weighted by Gasteiger charge is 2.48. The maximum Gasteiger partial charge on any atom is 0.133 e. The van der Waals surface area contributed by atoms with Crippen molar-refractivity contribution in [2.24, 2.45) is 5.41 Å². The van der Waals surface area contributed by atoms with E-state index in [1.54, 1.807) is 0 Å². The summed E-state index contributed by atoms with van der Waals surface area (Å²) in [5, 5.41) is 0. The Morgan fingerprint density at radius 2 is 2.07 bits per heavy atom. The van der Waals surface area contributed by atoms with Gasteiger partial charge in [-0.15, -0.1) is 0 Å². The fourth-order valence-electron chi connectivity index (χ4n) is 1.73. The first kappa shape index (κ1) is 11.7. The zero-order valence-electron chi connectivity index (χ0n) is 8.84. The Balaban J connectivity index is 2.08. The van der Waals surface area contributed by atoms with Crippen molar-refractivity contribution >= 4 is 38.5 Å². The monoisotopic (exact) mass is 380 g/mol. The zero-order chi connectivity index (χ0) is 11.1. The lowest BCUT2D eigenvalue weighted by molar-refractivity contribution is -0.00835. The first-order valence-corrected chi connectivity index (χ1v) is 7.06. The molecule has 1 aromatic rings. The van der Waals surface area contributed by atoms with Crippen LogP contribution in [0.15, 0.2) is 24.3 Å². The molecule has 1 aliphatic carbocycles. The summed E-state index contributed by atoms with van der Waals surface area (Å²) in [5.41, 5.74) is 0.235. The molecule has 0 heterocycles. The van der Waals surface area contributed by atoms with Crippen LogP contribution in [0.3, 0.4) is 0 Å². The number of alkyl halides is 1. The molecular weight excluding hydrogens is 367 g/mol. The highest BCUT2D eigenvalue weighted by atomic mass is 127. The SMILES string of the molecule is CC1(C)C(Br)CC1Oc1ccccc1I. The minimum atomic E-state index is 0.235. The van der Waals surface area contributed by atoms with E-state index in [-0.39, 0.29) is 5.41 Å². The highest BCUT2D eigenvalue weighted by Crippen LogP contribution is 2.47. The van der Waals surface area contributed by atoms with Crippen molar-refractivity contribution < 1.29 is 4.74 Å². The van der Waals surface area contributed by atoms with E-state index in [0.717, 1.165) is 12.2 Å². The molecule has 3 heteroatoms. The third-order valence-corrected chi connectivity index (χ3v) is 5.61. The minimum Gasteiger partial charge on any atom is -0.489 e. The molecule has 2 atom stereocenters. The van der Waals surface area contributed by atoms with E-state index >= 15 is 0 Å². The highest BCUT2D eigenvalue weighted by molar-refractivity contribution is 14.1. The molecule has 2 unspecified atom stereocenters. The summed E-state index contributed by atoms with van der Waals surface area (Å²) >= 11 is 5.99. The summed E-state index contributed by atoms with van der Waals surface area (Å²) in [6, 6.07) is 8.18. The lowest BCUT2D eigenvalue weighted by Crippen LogP contribution is -2.53. The molecule has 1 saturated carbocycles. The zero-order valence-corrected chi connectivity index (χ0v) is 12.6. The van der Waals surface area contributed by atoms with Gasteiger partial charge < -0.3 is 4.74 Å². The Kier molecular flexibility index (Phi) is 3.31. The molecule has 2 rings (SSSR count). The van der Waals surface area contributed by atoms with Crippen LogP contribution in [-0.4, -0.2) is 10.9 Å². The minimum absolute atomic E-state index is 0.235. The van der Waals surface area contributed by atoms with Gasteiger partial charge >= 0.3 is 0 Å². The number of halogens is 2. The standard InChI is InChI=1S/C12H14BrIO/c1-12(2)10(13)7-11(12)15-9-6-4-3-5-8(9)14/h3-6,10-11H,7H2,1-2H3. The van der Waals surface area contributed by atoms with Crippen LogP contribution in [0.5, 0.6) is 5.75 Å². The maximum absolute atomic E-state index is 6.03. The number of ether oxygens (including phenoxy) is 1. The lowest BCUT2D eigenvalue weighted by atomic mass is 9.69. The van der Waals surface area contributed by atoms with Crippen molar-refractivity contribution in [1.82, 2.24) is 0 Å². The van der Waals surface area contributed by atoms with E-state index in [9.17, 15) is 0 Å². The number of rotatable bonds is 2. The smallest absolute Gasteiger partial charge is 0.133 e. The van der Waals surface area contributed by atoms with E-state index in [0.29, 0.717) is 10.9 Å². The average Bonchev–Trinajstić information content (AvgIpc) is 2.20. The van der Waals surface area contributed by atoms with Crippen molar-refractivity contribution in [3.8, 4) is 5.75 Å². The molecule has 1 aromatic carbocycles. The molecule has 1 aliphatic rings. The van der Waals surface area contributed by atoms with E-state index in [1.165, 1.54) is 3.57 Å². The van der Waals surface area contributed by atoms with Crippen molar-refractivity contribution in [2.75, 3.05) is 0 Å². The van der Waals surface area contributed by atoms with E-state index < -0.39 is 0 Å². The summed E-state index contributed by atoms with van der Waals surface area (Å²) < 4.78 is 7.21. The van der Waals surface area contributed by atoms with Crippen LogP contribution in [0.25, 0.3) is 0 Å². The Morgan fingerprint density at radius 3 is 2.60 bits per heavy atom. The van der Waals surface area contributed by atoms with E-state index in [4.69, 9.17) is 4.74 Å². The van der Waals surface area contributed by atoms with Crippen LogP contribution in [0.2, 0.25) is 0 Å². The van der Waals surface area contributed by atoms with Gasteiger partial charge in [-0.3, -0.25) is 0 Å². The van der Waals surface area contributed by atoms with Gasteiger partial charge in [-0.1, -0.05) is 41.9 Å². The molecular formula is C12H14BrIO. The quantitative estimate of drug-likeness (QED) is 0.551. The fourth-order valence-corrected chi connectivity index (χ4v) is 2.88. The van der Waals surface area contributed by atoms with Crippen molar-refractivity contribution in [3.05, 3.63) is 27.8 Å². The van der Waals surface area contributed by atoms with Crippen LogP contribution >= 0.6 is 38.5 Å². The molecule has 0 aromatic heterocycles. The number of benzene rings is 1. The van der Waals surface area contributed by atoms with Gasteiger partial charge in [-0.2, -0.15) is 0 Å². The molecule has 15 heavy (non-hydrogen) atoms. The molecule has 82 valence electrons. The summed E-state index contributed by atoms with van der Waals surface area (Å²) in [4.78, 5) is 0.580. The number of hydrogen-bond acceptors (Lipinski definition) is 1. The molecule has 0 amide bonds. The second kappa shape index (κ2) is 4.24. The van der Waals surface area contributed by atoms with Crippen molar-refractivity contribution in [3.63, 3.8) is 0 Å². The van der Waals surface area contributed by atoms with Gasteiger partial charge in [0.2, 0.25) is 0 Å². The van der Waals surface area contributed by atoms with Gasteiger partial charge in [0.15, 0.2) is 0 Å². The van der Waals surface area contributed by atoms with Crippen LogP contribution in [-0.2, 0) is 0 Å². The first-order chi connectivity index (χ1) is 7.01. The second-order valence-corrected chi connectivity index (χ2v) is 6.83. The van der Waals surface area contributed by atoms with Gasteiger partial charge in [0.1, 0.15) is 11.9 Å². The van der Waals surface area contributed by atoms with Crippen LogP contribution < -0.4 is 4.74 Å². The summed E-state index contributed by atoms with van der Waals surface area (Å²) in [6.45, 7) is 4.49. The van der Waals surface area contributed by atoms with Crippen molar-refractivity contribution in [1.29, 1.82) is 0 Å². The number of para-hydroxylation sites is 1. The maximum atomic E-state index is 6.03. The van der Waals surface area contributed by atoms with Gasteiger partial charge in [0.25, 0.3) is 0 Å². The van der Waals surface area contributed by atoms with Gasteiger partial charge in [0.05, 0.1) is 3.57 Å². The predicted molar refractivity (Wildman–Crippen MR) is 74.7 cm³/mol. The normalized spacial score (nSPS) is 28.3. The molecule has 0 spiro atoms. The summed E-state index contributed by atoms with van der Waals surface area (Å²) in [7, 11) is 0. The summed E-state index contributed by atoms with van der Waals surface area (Å²) in [5.74, 6) is 1.01.